The highest BCUT2D eigenvalue weighted by atomic mass is 32.2. The van der Waals surface area contributed by atoms with Gasteiger partial charge in [-0.2, -0.15) is 4.31 Å². The minimum atomic E-state index is -3.83. The Morgan fingerprint density at radius 3 is 1.95 bits per heavy atom. The molecule has 1 N–H and O–H groups in total. The number of aliphatic carboxylic acids is 1. The molecule has 0 aliphatic heterocycles. The van der Waals surface area contributed by atoms with Crippen molar-refractivity contribution in [3.63, 3.8) is 0 Å². The van der Waals surface area contributed by atoms with Gasteiger partial charge < -0.3 is 5.11 Å². The molecule has 0 aromatic heterocycles. The van der Waals surface area contributed by atoms with Crippen LogP contribution in [0.2, 0.25) is 0 Å². The molecule has 7 nitrogen and oxygen atoms in total. The van der Waals surface area contributed by atoms with Crippen LogP contribution in [0.1, 0.15) is 13.3 Å². The highest BCUT2D eigenvalue weighted by Crippen LogP contribution is 2.18. The van der Waals surface area contributed by atoms with Crippen LogP contribution in [0.15, 0.2) is 34.1 Å². The van der Waals surface area contributed by atoms with Crippen molar-refractivity contribution in [1.82, 2.24) is 4.31 Å². The molecule has 0 aliphatic carbocycles. The van der Waals surface area contributed by atoms with E-state index in [-0.39, 0.29) is 29.3 Å². The van der Waals surface area contributed by atoms with Gasteiger partial charge in [0.25, 0.3) is 0 Å². The molecule has 0 heterocycles. The maximum absolute atomic E-state index is 12.3. The summed E-state index contributed by atoms with van der Waals surface area (Å²) >= 11 is 0. The van der Waals surface area contributed by atoms with Crippen LogP contribution in [0.5, 0.6) is 0 Å². The zero-order valence-electron chi connectivity index (χ0n) is 11.7. The van der Waals surface area contributed by atoms with Crippen LogP contribution in [0.3, 0.4) is 0 Å². The van der Waals surface area contributed by atoms with Crippen molar-refractivity contribution in [3.05, 3.63) is 24.3 Å². The predicted octanol–water partition coefficient (Wildman–Crippen LogP) is 0.575. The van der Waals surface area contributed by atoms with Crippen LogP contribution in [-0.4, -0.2) is 51.6 Å². The Kier molecular flexibility index (Phi) is 5.48. The Bertz CT molecular complexity index is 707. The number of sulfone groups is 1. The average molecular weight is 335 g/mol. The van der Waals surface area contributed by atoms with Gasteiger partial charge in [0.1, 0.15) is 0 Å². The summed E-state index contributed by atoms with van der Waals surface area (Å²) < 4.78 is 48.4. The molecule has 21 heavy (non-hydrogen) atoms. The molecule has 9 heteroatoms. The molecular weight excluding hydrogens is 318 g/mol. The van der Waals surface area contributed by atoms with Gasteiger partial charge in [-0.05, 0) is 24.3 Å². The molecular formula is C12H17NO6S2. The van der Waals surface area contributed by atoms with Crippen molar-refractivity contribution in [1.29, 1.82) is 0 Å². The summed E-state index contributed by atoms with van der Waals surface area (Å²) in [6, 6.07) is 4.84. The molecule has 0 fully saturated rings. The summed E-state index contributed by atoms with van der Waals surface area (Å²) in [5.41, 5.74) is 0. The van der Waals surface area contributed by atoms with Crippen LogP contribution in [0.4, 0.5) is 0 Å². The highest BCUT2D eigenvalue weighted by Gasteiger charge is 2.23. The molecule has 118 valence electrons. The van der Waals surface area contributed by atoms with Crippen molar-refractivity contribution >= 4 is 25.8 Å². The van der Waals surface area contributed by atoms with Crippen LogP contribution in [0.25, 0.3) is 0 Å². The largest absolute Gasteiger partial charge is 0.481 e. The van der Waals surface area contributed by atoms with Gasteiger partial charge in [-0.3, -0.25) is 4.79 Å². The Morgan fingerprint density at radius 1 is 1.10 bits per heavy atom. The topological polar surface area (TPSA) is 109 Å². The number of rotatable bonds is 7. The van der Waals surface area contributed by atoms with Gasteiger partial charge in [-0.25, -0.2) is 16.8 Å². The van der Waals surface area contributed by atoms with E-state index in [9.17, 15) is 21.6 Å². The van der Waals surface area contributed by atoms with Crippen LogP contribution < -0.4 is 0 Å². The molecule has 1 aromatic carbocycles. The lowest BCUT2D eigenvalue weighted by atomic mass is 10.4. The number of carbonyl (C=O) groups is 1. The fraction of sp³-hybridized carbons (Fsp3) is 0.417. The van der Waals surface area contributed by atoms with Crippen LogP contribution in [-0.2, 0) is 24.7 Å². The van der Waals surface area contributed by atoms with Crippen molar-refractivity contribution in [2.45, 2.75) is 23.1 Å². The lowest BCUT2D eigenvalue weighted by Gasteiger charge is -2.19. The summed E-state index contributed by atoms with van der Waals surface area (Å²) in [6.45, 7) is 1.59. The van der Waals surface area contributed by atoms with Gasteiger partial charge in [0.2, 0.25) is 10.0 Å². The summed E-state index contributed by atoms with van der Waals surface area (Å²) in [5.74, 6) is -1.09. The Labute approximate surface area is 124 Å². The second-order valence-electron chi connectivity index (χ2n) is 4.38. The summed E-state index contributed by atoms with van der Waals surface area (Å²) in [4.78, 5) is 10.5. The molecule has 0 radical (unpaired) electrons. The van der Waals surface area contributed by atoms with E-state index in [2.05, 4.69) is 0 Å². The lowest BCUT2D eigenvalue weighted by molar-refractivity contribution is -0.137. The standard InChI is InChI=1S/C12H17NO6S2/c1-3-13(9-8-12(14)15)21(18,19)11-6-4-10(5-7-11)20(2,16)17/h4-7H,3,8-9H2,1-2H3,(H,14,15). The fourth-order valence-electron chi connectivity index (χ4n) is 1.68. The first kappa shape index (κ1) is 17.6. The van der Waals surface area contributed by atoms with Crippen molar-refractivity contribution < 1.29 is 26.7 Å². The zero-order valence-corrected chi connectivity index (χ0v) is 13.3. The first-order valence-corrected chi connectivity index (χ1v) is 9.44. The third-order valence-corrected chi connectivity index (χ3v) is 5.93. The van der Waals surface area contributed by atoms with E-state index in [0.717, 1.165) is 10.6 Å². The Morgan fingerprint density at radius 2 is 1.57 bits per heavy atom. The van der Waals surface area contributed by atoms with E-state index >= 15 is 0 Å². The van der Waals surface area contributed by atoms with E-state index in [1.807, 2.05) is 0 Å². The minimum Gasteiger partial charge on any atom is -0.481 e. The number of hydrogen-bond acceptors (Lipinski definition) is 5. The van der Waals surface area contributed by atoms with Crippen LogP contribution >= 0.6 is 0 Å². The molecule has 0 spiro atoms. The van der Waals surface area contributed by atoms with Gasteiger partial charge in [0, 0.05) is 19.3 Å². The number of benzene rings is 1. The summed E-state index contributed by atoms with van der Waals surface area (Å²) in [5, 5.41) is 8.63. The first-order valence-electron chi connectivity index (χ1n) is 6.11. The molecule has 1 aromatic rings. The molecule has 1 rings (SSSR count). The SMILES string of the molecule is CCN(CCC(=O)O)S(=O)(=O)c1ccc(S(C)(=O)=O)cc1. The van der Waals surface area contributed by atoms with E-state index in [1.54, 1.807) is 6.92 Å². The first-order chi connectivity index (χ1) is 9.59. The number of carboxylic acids is 1. The Hall–Kier alpha value is -1.45. The summed E-state index contributed by atoms with van der Waals surface area (Å²) in [6.07, 6.45) is 0.732. The van der Waals surface area contributed by atoms with E-state index < -0.39 is 25.8 Å². The minimum absolute atomic E-state index is 0.0232. The van der Waals surface area contributed by atoms with Crippen molar-refractivity contribution in [3.8, 4) is 0 Å². The normalized spacial score (nSPS) is 12.5. The zero-order chi connectivity index (χ0) is 16.3. The molecule has 0 saturated heterocycles. The molecule has 0 amide bonds. The maximum atomic E-state index is 12.3. The van der Waals surface area contributed by atoms with Gasteiger partial charge in [0.15, 0.2) is 9.84 Å². The van der Waals surface area contributed by atoms with Crippen LogP contribution in [0, 0.1) is 0 Å². The average Bonchev–Trinajstić information content (AvgIpc) is 2.38. The van der Waals surface area contributed by atoms with E-state index in [1.165, 1.54) is 24.3 Å². The second kappa shape index (κ2) is 6.54. The third kappa shape index (κ3) is 4.51. The molecule has 0 saturated carbocycles. The smallest absolute Gasteiger partial charge is 0.304 e. The van der Waals surface area contributed by atoms with Gasteiger partial charge in [0.05, 0.1) is 16.2 Å². The molecule has 0 aliphatic rings. The monoisotopic (exact) mass is 335 g/mol. The van der Waals surface area contributed by atoms with E-state index in [0.29, 0.717) is 0 Å². The second-order valence-corrected chi connectivity index (χ2v) is 8.34. The lowest BCUT2D eigenvalue weighted by Crippen LogP contribution is -2.32. The fourth-order valence-corrected chi connectivity index (χ4v) is 3.76. The Balaban J connectivity index is 3.08. The predicted molar refractivity (Wildman–Crippen MR) is 76.2 cm³/mol. The third-order valence-electron chi connectivity index (χ3n) is 2.82. The number of nitrogens with zero attached hydrogens (tertiary/aromatic N) is 1. The van der Waals surface area contributed by atoms with Gasteiger partial charge >= 0.3 is 5.97 Å². The van der Waals surface area contributed by atoms with Crippen molar-refractivity contribution in [2.24, 2.45) is 0 Å². The number of hydrogen-bond donors (Lipinski definition) is 1. The van der Waals surface area contributed by atoms with Gasteiger partial charge in [-0.1, -0.05) is 6.92 Å². The quantitative estimate of drug-likeness (QED) is 0.780. The molecule has 0 bridgehead atoms. The number of sulfonamides is 1. The van der Waals surface area contributed by atoms with Gasteiger partial charge in [-0.15, -0.1) is 0 Å². The van der Waals surface area contributed by atoms with E-state index in [4.69, 9.17) is 5.11 Å². The number of carboxylic acid groups (broad SMARTS) is 1. The highest BCUT2D eigenvalue weighted by molar-refractivity contribution is 7.90. The molecule has 0 unspecified atom stereocenters. The summed E-state index contributed by atoms with van der Waals surface area (Å²) in [7, 11) is -7.23. The van der Waals surface area contributed by atoms with Crippen molar-refractivity contribution in [2.75, 3.05) is 19.3 Å². The molecule has 0 atom stereocenters. The maximum Gasteiger partial charge on any atom is 0.304 e.